The highest BCUT2D eigenvalue weighted by atomic mass is 15.1. The summed E-state index contributed by atoms with van der Waals surface area (Å²) in [6.07, 6.45) is 0. The van der Waals surface area contributed by atoms with Crippen molar-refractivity contribution in [2.24, 2.45) is 0 Å². The molecule has 1 nitrogen and oxygen atoms in total. The van der Waals surface area contributed by atoms with Crippen LogP contribution in [0.3, 0.4) is 0 Å². The van der Waals surface area contributed by atoms with Crippen molar-refractivity contribution in [3.8, 4) is 44.5 Å². The van der Waals surface area contributed by atoms with Gasteiger partial charge in [-0.25, -0.2) is 0 Å². The minimum Gasteiger partial charge on any atom is -0.309 e. The van der Waals surface area contributed by atoms with E-state index < -0.39 is 5.41 Å². The molecule has 1 aliphatic rings. The van der Waals surface area contributed by atoms with Crippen LogP contribution < -0.4 is 4.90 Å². The standard InChI is InChI=1S/C66H45N/c1-66(49-27-9-4-10-28-49)60-37-18-17-33-55(60)58-36-20-38-61(65(58)66)67(62-43-48-25-11-12-30-51(48)52-31-13-15-34-56(52)62)50-29-19-26-46(41-50)47-39-40-54-53-32-14-16-35-57(53)63(44-21-5-2-6-22-44)64(59(54)42-47)45-23-7-3-8-24-45/h2-43H,1H3. The third-order valence-corrected chi connectivity index (χ3v) is 14.5. The lowest BCUT2D eigenvalue weighted by Crippen LogP contribution is -2.25. The van der Waals surface area contributed by atoms with Gasteiger partial charge in [-0.05, 0) is 136 Å². The molecule has 0 aliphatic heterocycles. The zero-order valence-electron chi connectivity index (χ0n) is 37.2. The number of anilines is 3. The molecule has 0 aromatic heterocycles. The number of hydrogen-bond acceptors (Lipinski definition) is 1. The molecule has 314 valence electrons. The monoisotopic (exact) mass is 851 g/mol. The SMILES string of the molecule is CC1(c2ccccc2)c2ccccc2-c2cccc(N(c3cccc(-c4ccc5c(c4)c(-c4ccccc4)c(-c4ccccc4)c4ccccc45)c3)c3cc4ccccc4c4ccccc34)c21. The normalized spacial score (nSPS) is 14.1. The van der Waals surface area contributed by atoms with Gasteiger partial charge < -0.3 is 4.90 Å². The van der Waals surface area contributed by atoms with Crippen LogP contribution in [-0.4, -0.2) is 0 Å². The van der Waals surface area contributed by atoms with Gasteiger partial charge in [0.25, 0.3) is 0 Å². The van der Waals surface area contributed by atoms with Gasteiger partial charge in [0.2, 0.25) is 0 Å². The first kappa shape index (κ1) is 38.9. The van der Waals surface area contributed by atoms with Gasteiger partial charge in [-0.15, -0.1) is 0 Å². The van der Waals surface area contributed by atoms with Gasteiger partial charge in [0.05, 0.1) is 11.4 Å². The van der Waals surface area contributed by atoms with Gasteiger partial charge in [0, 0.05) is 16.5 Å². The fourth-order valence-electron chi connectivity index (χ4n) is 11.5. The zero-order valence-corrected chi connectivity index (χ0v) is 37.2. The highest BCUT2D eigenvalue weighted by Gasteiger charge is 2.43. The Hall–Kier alpha value is -8.52. The molecule has 0 bridgehead atoms. The molecule has 0 radical (unpaired) electrons. The van der Waals surface area contributed by atoms with Crippen LogP contribution >= 0.6 is 0 Å². The predicted molar refractivity (Wildman–Crippen MR) is 285 cm³/mol. The molecule has 67 heavy (non-hydrogen) atoms. The summed E-state index contributed by atoms with van der Waals surface area (Å²) in [5.41, 5.74) is 16.7. The molecule has 1 heteroatoms. The van der Waals surface area contributed by atoms with Crippen molar-refractivity contribution in [3.63, 3.8) is 0 Å². The molecule has 0 spiro atoms. The van der Waals surface area contributed by atoms with Crippen LogP contribution in [0, 0.1) is 0 Å². The van der Waals surface area contributed by atoms with Crippen molar-refractivity contribution >= 4 is 60.2 Å². The maximum absolute atomic E-state index is 2.56. The van der Waals surface area contributed by atoms with E-state index in [2.05, 4.69) is 267 Å². The van der Waals surface area contributed by atoms with Crippen molar-refractivity contribution < 1.29 is 0 Å². The molecule has 13 rings (SSSR count). The second kappa shape index (κ2) is 15.6. The van der Waals surface area contributed by atoms with Gasteiger partial charge in [-0.1, -0.05) is 224 Å². The third kappa shape index (κ3) is 6.09. The Morgan fingerprint density at radius 3 is 1.58 bits per heavy atom. The van der Waals surface area contributed by atoms with Crippen molar-refractivity contribution in [1.82, 2.24) is 0 Å². The van der Waals surface area contributed by atoms with Crippen LogP contribution in [0.25, 0.3) is 87.6 Å². The van der Waals surface area contributed by atoms with Gasteiger partial charge in [-0.2, -0.15) is 0 Å². The second-order valence-electron chi connectivity index (χ2n) is 18.1. The van der Waals surface area contributed by atoms with E-state index in [-0.39, 0.29) is 0 Å². The average Bonchev–Trinajstić information content (AvgIpc) is 3.68. The lowest BCUT2D eigenvalue weighted by Gasteiger charge is -2.35. The summed E-state index contributed by atoms with van der Waals surface area (Å²) in [7, 11) is 0. The topological polar surface area (TPSA) is 3.24 Å². The molecule has 1 unspecified atom stereocenters. The fourth-order valence-corrected chi connectivity index (χ4v) is 11.5. The van der Waals surface area contributed by atoms with Crippen LogP contribution in [0.5, 0.6) is 0 Å². The van der Waals surface area contributed by atoms with Crippen LogP contribution in [0.1, 0.15) is 23.6 Å². The predicted octanol–water partition coefficient (Wildman–Crippen LogP) is 18.1. The number of rotatable bonds is 7. The van der Waals surface area contributed by atoms with E-state index in [4.69, 9.17) is 0 Å². The number of fused-ring (bicyclic) bond motifs is 9. The number of hydrogen-bond donors (Lipinski definition) is 0. The van der Waals surface area contributed by atoms with E-state index in [1.165, 1.54) is 104 Å². The molecule has 0 saturated carbocycles. The highest BCUT2D eigenvalue weighted by Crippen LogP contribution is 2.58. The fraction of sp³-hybridized carbons (Fsp3) is 0.0303. The van der Waals surface area contributed by atoms with Gasteiger partial charge in [0.1, 0.15) is 0 Å². The molecular weight excluding hydrogens is 807 g/mol. The largest absolute Gasteiger partial charge is 0.309 e. The number of nitrogens with zero attached hydrogens (tertiary/aromatic N) is 1. The van der Waals surface area contributed by atoms with Gasteiger partial charge >= 0.3 is 0 Å². The second-order valence-corrected chi connectivity index (χ2v) is 18.1. The number of benzene rings is 12. The first-order valence-electron chi connectivity index (χ1n) is 23.3. The summed E-state index contributed by atoms with van der Waals surface area (Å²) in [4.78, 5) is 2.56. The molecule has 0 amide bonds. The summed E-state index contributed by atoms with van der Waals surface area (Å²) in [6.45, 7) is 2.43. The molecule has 12 aromatic carbocycles. The summed E-state index contributed by atoms with van der Waals surface area (Å²) < 4.78 is 0. The minimum absolute atomic E-state index is 0.419. The van der Waals surface area contributed by atoms with Crippen molar-refractivity contribution in [1.29, 1.82) is 0 Å². The molecule has 0 heterocycles. The lowest BCUT2D eigenvalue weighted by molar-refractivity contribution is 0.714. The smallest absolute Gasteiger partial charge is 0.0546 e. The summed E-state index contributed by atoms with van der Waals surface area (Å²) >= 11 is 0. The first-order valence-corrected chi connectivity index (χ1v) is 23.3. The molecule has 0 fully saturated rings. The molecule has 1 atom stereocenters. The zero-order chi connectivity index (χ0) is 44.5. The van der Waals surface area contributed by atoms with Crippen LogP contribution in [-0.2, 0) is 5.41 Å². The maximum Gasteiger partial charge on any atom is 0.0546 e. The van der Waals surface area contributed by atoms with Crippen molar-refractivity contribution in [3.05, 3.63) is 271 Å². The van der Waals surface area contributed by atoms with E-state index in [0.29, 0.717) is 0 Å². The average molecular weight is 852 g/mol. The Balaban J connectivity index is 1.09. The summed E-state index contributed by atoms with van der Waals surface area (Å²) in [5.74, 6) is 0. The minimum atomic E-state index is -0.419. The van der Waals surface area contributed by atoms with E-state index in [1.807, 2.05) is 0 Å². The Kier molecular flexibility index (Phi) is 9.05. The molecular formula is C66H45N. The Morgan fingerprint density at radius 1 is 0.313 bits per heavy atom. The van der Waals surface area contributed by atoms with Crippen molar-refractivity contribution in [2.75, 3.05) is 4.90 Å². The van der Waals surface area contributed by atoms with E-state index >= 15 is 0 Å². The Morgan fingerprint density at radius 2 is 0.836 bits per heavy atom. The lowest BCUT2D eigenvalue weighted by atomic mass is 9.73. The first-order chi connectivity index (χ1) is 33.1. The van der Waals surface area contributed by atoms with Crippen molar-refractivity contribution in [2.45, 2.75) is 12.3 Å². The quantitative estimate of drug-likeness (QED) is 0.144. The van der Waals surface area contributed by atoms with E-state index in [0.717, 1.165) is 16.9 Å². The molecule has 0 N–H and O–H groups in total. The summed E-state index contributed by atoms with van der Waals surface area (Å²) in [6, 6.07) is 94.3. The third-order valence-electron chi connectivity index (χ3n) is 14.5. The van der Waals surface area contributed by atoms with Gasteiger partial charge in [0.15, 0.2) is 0 Å². The van der Waals surface area contributed by atoms with Crippen LogP contribution in [0.4, 0.5) is 17.1 Å². The molecule has 1 aliphatic carbocycles. The highest BCUT2D eigenvalue weighted by molar-refractivity contribution is 6.22. The maximum atomic E-state index is 2.56. The molecule has 12 aromatic rings. The van der Waals surface area contributed by atoms with Crippen LogP contribution in [0.2, 0.25) is 0 Å². The Bertz CT molecular complexity index is 3870. The van der Waals surface area contributed by atoms with E-state index in [9.17, 15) is 0 Å². The Labute approximate surface area is 391 Å². The summed E-state index contributed by atoms with van der Waals surface area (Å²) in [5, 5.41) is 9.91. The van der Waals surface area contributed by atoms with E-state index in [1.54, 1.807) is 0 Å². The molecule has 0 saturated heterocycles. The van der Waals surface area contributed by atoms with Gasteiger partial charge in [-0.3, -0.25) is 0 Å². The van der Waals surface area contributed by atoms with Crippen LogP contribution in [0.15, 0.2) is 255 Å².